The van der Waals surface area contributed by atoms with Gasteiger partial charge in [0.25, 0.3) is 5.56 Å². The standard InChI is InChI=1S/C28H20ClF3N6O2/c1-15-9-18(25-22(11-33)34-14-35-25)17-5-3-7-24(26(17)37-15)40-13-19-21(29)10-16(2)36-23(19)12-38-8-4-6-20(27(38)39)28(30,31)32/h3-10,14H,12-13H2,1-2H3,(H,34,35). The number of alkyl halides is 3. The molecule has 0 radical (unpaired) electrons. The number of nitrogens with one attached hydrogen (secondary N) is 1. The first kappa shape index (κ1) is 26.9. The fourth-order valence-electron chi connectivity index (χ4n) is 4.44. The lowest BCUT2D eigenvalue weighted by Gasteiger charge is -2.16. The van der Waals surface area contributed by atoms with Crippen molar-refractivity contribution in [3.8, 4) is 23.1 Å². The Bertz CT molecular complexity index is 1860. The highest BCUT2D eigenvalue weighted by molar-refractivity contribution is 6.31. The maximum Gasteiger partial charge on any atom is 0.421 e. The first-order chi connectivity index (χ1) is 19.1. The second kappa shape index (κ2) is 10.5. The molecule has 4 heterocycles. The first-order valence-electron chi connectivity index (χ1n) is 12.0. The zero-order valence-electron chi connectivity index (χ0n) is 21.2. The van der Waals surface area contributed by atoms with Gasteiger partial charge >= 0.3 is 6.18 Å². The molecule has 40 heavy (non-hydrogen) atoms. The van der Waals surface area contributed by atoms with E-state index in [1.54, 1.807) is 25.1 Å². The summed E-state index contributed by atoms with van der Waals surface area (Å²) in [4.78, 5) is 28.8. The molecule has 0 saturated carbocycles. The fourth-order valence-corrected chi connectivity index (χ4v) is 4.76. The van der Waals surface area contributed by atoms with Crippen LogP contribution in [-0.2, 0) is 19.3 Å². The van der Waals surface area contributed by atoms with Crippen molar-refractivity contribution >= 4 is 22.5 Å². The Hall–Kier alpha value is -4.69. The fraction of sp³-hybridized carbons (Fsp3) is 0.179. The van der Waals surface area contributed by atoms with Gasteiger partial charge in [0.05, 0.1) is 23.6 Å². The van der Waals surface area contributed by atoms with Crippen LogP contribution in [0.4, 0.5) is 13.2 Å². The van der Waals surface area contributed by atoms with E-state index >= 15 is 0 Å². The number of ether oxygens (including phenoxy) is 1. The van der Waals surface area contributed by atoms with Gasteiger partial charge in [-0.1, -0.05) is 23.7 Å². The van der Waals surface area contributed by atoms with Gasteiger partial charge in [-0.05, 0) is 44.2 Å². The molecule has 0 aliphatic rings. The molecule has 0 aliphatic heterocycles. The summed E-state index contributed by atoms with van der Waals surface area (Å²) in [5, 5.41) is 10.5. The lowest BCUT2D eigenvalue weighted by molar-refractivity contribution is -0.138. The molecule has 0 amide bonds. The second-order valence-corrected chi connectivity index (χ2v) is 9.42. The normalized spacial score (nSPS) is 11.5. The third kappa shape index (κ3) is 5.13. The summed E-state index contributed by atoms with van der Waals surface area (Å²) in [5.74, 6) is 0.412. The van der Waals surface area contributed by atoms with Gasteiger partial charge in [0, 0.05) is 34.1 Å². The van der Waals surface area contributed by atoms with Crippen LogP contribution in [0, 0.1) is 25.2 Å². The zero-order valence-corrected chi connectivity index (χ0v) is 21.9. The minimum atomic E-state index is -4.79. The van der Waals surface area contributed by atoms with Crippen LogP contribution in [0.3, 0.4) is 0 Å². The number of aromatic amines is 1. The van der Waals surface area contributed by atoms with Gasteiger partial charge < -0.3 is 14.3 Å². The van der Waals surface area contributed by atoms with Crippen LogP contribution in [0.5, 0.6) is 5.75 Å². The lowest BCUT2D eigenvalue weighted by atomic mass is 10.0. The average Bonchev–Trinajstić information content (AvgIpc) is 3.37. The number of H-pyrrole nitrogens is 1. The molecule has 0 unspecified atom stereocenters. The number of aromatic nitrogens is 5. The van der Waals surface area contributed by atoms with Crippen LogP contribution >= 0.6 is 11.6 Å². The van der Waals surface area contributed by atoms with Crippen molar-refractivity contribution in [2.24, 2.45) is 0 Å². The van der Waals surface area contributed by atoms with Gasteiger partial charge in [0.15, 0.2) is 0 Å². The quantitative estimate of drug-likeness (QED) is 0.272. The molecule has 4 aromatic heterocycles. The number of aryl methyl sites for hydroxylation is 2. The van der Waals surface area contributed by atoms with Gasteiger partial charge in [0.1, 0.15) is 40.9 Å². The van der Waals surface area contributed by atoms with Crippen molar-refractivity contribution in [1.82, 2.24) is 24.5 Å². The number of rotatable bonds is 6. The van der Waals surface area contributed by atoms with Gasteiger partial charge in [-0.25, -0.2) is 9.97 Å². The van der Waals surface area contributed by atoms with Crippen molar-refractivity contribution in [1.29, 1.82) is 5.26 Å². The summed E-state index contributed by atoms with van der Waals surface area (Å²) >= 11 is 6.54. The maximum atomic E-state index is 13.3. The van der Waals surface area contributed by atoms with Gasteiger partial charge in [-0.3, -0.25) is 9.78 Å². The minimum absolute atomic E-state index is 0.0922. The van der Waals surface area contributed by atoms with E-state index in [0.717, 1.165) is 16.7 Å². The number of pyridine rings is 3. The molecular formula is C28H20ClF3N6O2. The summed E-state index contributed by atoms with van der Waals surface area (Å²) < 4.78 is 47.0. The van der Waals surface area contributed by atoms with Gasteiger partial charge in [-0.15, -0.1) is 0 Å². The highest BCUT2D eigenvalue weighted by Crippen LogP contribution is 2.34. The Balaban J connectivity index is 1.53. The summed E-state index contributed by atoms with van der Waals surface area (Å²) in [5.41, 5.74) is 1.48. The molecule has 0 bridgehead atoms. The number of fused-ring (bicyclic) bond motifs is 1. The second-order valence-electron chi connectivity index (χ2n) is 9.01. The lowest BCUT2D eigenvalue weighted by Crippen LogP contribution is -2.29. The highest BCUT2D eigenvalue weighted by atomic mass is 35.5. The molecule has 202 valence electrons. The van der Waals surface area contributed by atoms with Crippen molar-refractivity contribution in [3.63, 3.8) is 0 Å². The molecule has 8 nitrogen and oxygen atoms in total. The Morgan fingerprint density at radius 3 is 2.65 bits per heavy atom. The van der Waals surface area contributed by atoms with E-state index in [0.29, 0.717) is 61.3 Å². The molecule has 1 aromatic carbocycles. The van der Waals surface area contributed by atoms with E-state index in [1.807, 2.05) is 19.1 Å². The predicted octanol–water partition coefficient (Wildman–Crippen LogP) is 5.97. The number of benzene rings is 1. The minimum Gasteiger partial charge on any atom is -0.486 e. The molecule has 5 rings (SSSR count). The SMILES string of the molecule is Cc1cc(Cl)c(COc2cccc3c(-c4nc[nH]c4C#N)cc(C)nc23)c(Cn2cccc(C(F)(F)F)c2=O)n1. The molecule has 12 heteroatoms. The van der Waals surface area contributed by atoms with Crippen molar-refractivity contribution in [2.45, 2.75) is 33.2 Å². The highest BCUT2D eigenvalue weighted by Gasteiger charge is 2.34. The van der Waals surface area contributed by atoms with Crippen LogP contribution < -0.4 is 10.3 Å². The zero-order chi connectivity index (χ0) is 28.6. The average molecular weight is 565 g/mol. The number of hydrogen-bond acceptors (Lipinski definition) is 6. The molecule has 0 spiro atoms. The largest absolute Gasteiger partial charge is 0.486 e. The smallest absolute Gasteiger partial charge is 0.421 e. The number of nitriles is 1. The molecule has 0 saturated heterocycles. The Morgan fingerprint density at radius 1 is 1.12 bits per heavy atom. The Labute approximate surface area is 230 Å². The third-order valence-corrected chi connectivity index (χ3v) is 6.58. The monoisotopic (exact) mass is 564 g/mol. The van der Waals surface area contributed by atoms with E-state index < -0.39 is 17.3 Å². The molecule has 0 fully saturated rings. The van der Waals surface area contributed by atoms with E-state index in [4.69, 9.17) is 16.3 Å². The summed E-state index contributed by atoms with van der Waals surface area (Å²) in [6.45, 7) is 3.17. The molecule has 5 aromatic rings. The third-order valence-electron chi connectivity index (χ3n) is 6.24. The van der Waals surface area contributed by atoms with Gasteiger partial charge in [-0.2, -0.15) is 18.4 Å². The van der Waals surface area contributed by atoms with E-state index in [1.165, 1.54) is 12.5 Å². The van der Waals surface area contributed by atoms with Crippen LogP contribution in [0.15, 0.2) is 59.8 Å². The Morgan fingerprint density at radius 2 is 1.90 bits per heavy atom. The van der Waals surface area contributed by atoms with Crippen molar-refractivity contribution in [2.75, 3.05) is 0 Å². The molecule has 1 N–H and O–H groups in total. The number of hydrogen-bond donors (Lipinski definition) is 1. The van der Waals surface area contributed by atoms with Crippen LogP contribution in [-0.4, -0.2) is 24.5 Å². The maximum absolute atomic E-state index is 13.3. The molecular weight excluding hydrogens is 545 g/mol. The van der Waals surface area contributed by atoms with Crippen molar-refractivity contribution in [3.05, 3.63) is 104 Å². The first-order valence-corrected chi connectivity index (χ1v) is 12.3. The summed E-state index contributed by atoms with van der Waals surface area (Å²) in [6.07, 6.45) is -2.07. The molecule has 0 atom stereocenters. The number of imidazole rings is 1. The number of nitrogens with zero attached hydrogens (tertiary/aromatic N) is 5. The number of halogens is 4. The predicted molar refractivity (Wildman–Crippen MR) is 142 cm³/mol. The van der Waals surface area contributed by atoms with E-state index in [-0.39, 0.29) is 13.2 Å². The summed E-state index contributed by atoms with van der Waals surface area (Å²) in [7, 11) is 0. The van der Waals surface area contributed by atoms with Crippen molar-refractivity contribution < 1.29 is 17.9 Å². The van der Waals surface area contributed by atoms with E-state index in [9.17, 15) is 23.2 Å². The summed E-state index contributed by atoms with van der Waals surface area (Å²) in [6, 6.07) is 12.8. The molecule has 0 aliphatic carbocycles. The van der Waals surface area contributed by atoms with Crippen LogP contribution in [0.2, 0.25) is 5.02 Å². The van der Waals surface area contributed by atoms with E-state index in [2.05, 4.69) is 26.0 Å². The van der Waals surface area contributed by atoms with Gasteiger partial charge in [0.2, 0.25) is 0 Å². The topological polar surface area (TPSA) is 109 Å². The number of para-hydroxylation sites is 1. The van der Waals surface area contributed by atoms with Crippen LogP contribution in [0.25, 0.3) is 22.2 Å². The van der Waals surface area contributed by atoms with Crippen LogP contribution in [0.1, 0.15) is 33.9 Å². The Kier molecular flexibility index (Phi) is 7.04.